The Bertz CT molecular complexity index is 592. The van der Waals surface area contributed by atoms with Crippen LogP contribution in [0.5, 0.6) is 0 Å². The van der Waals surface area contributed by atoms with Gasteiger partial charge in [0.2, 0.25) is 0 Å². The van der Waals surface area contributed by atoms with Crippen molar-refractivity contribution < 1.29 is 0 Å². The molecular formula is C14H20N4S. The van der Waals surface area contributed by atoms with E-state index in [1.807, 2.05) is 24.9 Å². The summed E-state index contributed by atoms with van der Waals surface area (Å²) in [6, 6.07) is 2.73. The van der Waals surface area contributed by atoms with Crippen molar-refractivity contribution in [1.82, 2.24) is 14.8 Å². The normalized spacial score (nSPS) is 23.7. The van der Waals surface area contributed by atoms with E-state index in [2.05, 4.69) is 40.2 Å². The van der Waals surface area contributed by atoms with Crippen LogP contribution in [-0.4, -0.2) is 31.8 Å². The quantitative estimate of drug-likeness (QED) is 0.915. The first-order valence-corrected chi connectivity index (χ1v) is 7.87. The maximum atomic E-state index is 4.52. The fourth-order valence-electron chi connectivity index (χ4n) is 2.71. The van der Waals surface area contributed by atoms with Crippen LogP contribution in [0.3, 0.4) is 0 Å². The Morgan fingerprint density at radius 2 is 2.32 bits per heavy atom. The Morgan fingerprint density at radius 3 is 3.11 bits per heavy atom. The number of pyridine rings is 1. The van der Waals surface area contributed by atoms with Crippen molar-refractivity contribution in [3.63, 3.8) is 0 Å². The minimum atomic E-state index is 0.551. The lowest BCUT2D eigenvalue weighted by Gasteiger charge is -2.29. The predicted molar refractivity (Wildman–Crippen MR) is 81.8 cm³/mol. The van der Waals surface area contributed by atoms with Gasteiger partial charge in [-0.3, -0.25) is 4.68 Å². The van der Waals surface area contributed by atoms with Gasteiger partial charge in [0.05, 0.1) is 17.6 Å². The monoisotopic (exact) mass is 276 g/mol. The van der Waals surface area contributed by atoms with Gasteiger partial charge < -0.3 is 5.32 Å². The van der Waals surface area contributed by atoms with Gasteiger partial charge in [0.15, 0.2) is 5.65 Å². The van der Waals surface area contributed by atoms with Crippen LogP contribution >= 0.6 is 11.8 Å². The molecule has 0 amide bonds. The van der Waals surface area contributed by atoms with Crippen molar-refractivity contribution in [3.8, 4) is 0 Å². The van der Waals surface area contributed by atoms with E-state index in [9.17, 15) is 0 Å². The van der Waals surface area contributed by atoms with Gasteiger partial charge in [-0.25, -0.2) is 4.98 Å². The van der Waals surface area contributed by atoms with Gasteiger partial charge in [-0.15, -0.1) is 0 Å². The number of rotatable bonds is 2. The third-order valence-electron chi connectivity index (χ3n) is 3.82. The number of hydrogen-bond acceptors (Lipinski definition) is 4. The van der Waals surface area contributed by atoms with Gasteiger partial charge >= 0.3 is 0 Å². The Balaban J connectivity index is 1.86. The SMILES string of the molecule is Cc1nn(C)c2ncc(NC3CCCSC3C)cc12. The second kappa shape index (κ2) is 5.04. The zero-order chi connectivity index (χ0) is 13.4. The van der Waals surface area contributed by atoms with Crippen LogP contribution in [0.1, 0.15) is 25.5 Å². The van der Waals surface area contributed by atoms with Gasteiger partial charge in [-0.2, -0.15) is 16.9 Å². The molecule has 1 fully saturated rings. The Kier molecular flexibility index (Phi) is 3.39. The first kappa shape index (κ1) is 12.8. The molecule has 0 aromatic carbocycles. The maximum absolute atomic E-state index is 4.52. The number of thioether (sulfide) groups is 1. The highest BCUT2D eigenvalue weighted by Gasteiger charge is 2.21. The summed E-state index contributed by atoms with van der Waals surface area (Å²) in [5.41, 5.74) is 3.11. The molecule has 3 heterocycles. The molecule has 2 unspecified atom stereocenters. The van der Waals surface area contributed by atoms with E-state index < -0.39 is 0 Å². The third kappa shape index (κ3) is 2.43. The van der Waals surface area contributed by atoms with Gasteiger partial charge in [-0.05, 0) is 31.6 Å². The molecule has 102 valence electrons. The predicted octanol–water partition coefficient (Wildman–Crippen LogP) is 2.97. The van der Waals surface area contributed by atoms with E-state index in [1.165, 1.54) is 18.6 Å². The van der Waals surface area contributed by atoms with E-state index in [0.29, 0.717) is 11.3 Å². The van der Waals surface area contributed by atoms with E-state index >= 15 is 0 Å². The molecule has 1 saturated heterocycles. The van der Waals surface area contributed by atoms with Crippen LogP contribution in [0.2, 0.25) is 0 Å². The average molecular weight is 276 g/mol. The molecule has 0 spiro atoms. The summed E-state index contributed by atoms with van der Waals surface area (Å²) in [7, 11) is 1.94. The van der Waals surface area contributed by atoms with Gasteiger partial charge in [0.25, 0.3) is 0 Å². The number of anilines is 1. The molecule has 1 aliphatic heterocycles. The molecule has 1 aliphatic rings. The summed E-state index contributed by atoms with van der Waals surface area (Å²) < 4.78 is 1.84. The summed E-state index contributed by atoms with van der Waals surface area (Å²) >= 11 is 2.06. The average Bonchev–Trinajstić information content (AvgIpc) is 2.68. The number of fused-ring (bicyclic) bond motifs is 1. The fraction of sp³-hybridized carbons (Fsp3) is 0.571. The van der Waals surface area contributed by atoms with Crippen molar-refractivity contribution >= 4 is 28.5 Å². The number of aromatic nitrogens is 3. The summed E-state index contributed by atoms with van der Waals surface area (Å²) in [5, 5.41) is 9.86. The molecule has 2 aromatic rings. The van der Waals surface area contributed by atoms with Crippen molar-refractivity contribution in [2.24, 2.45) is 7.05 Å². The lowest BCUT2D eigenvalue weighted by atomic mass is 10.1. The highest BCUT2D eigenvalue weighted by Crippen LogP contribution is 2.28. The molecule has 0 aliphatic carbocycles. The Hall–Kier alpha value is -1.23. The molecule has 2 aromatic heterocycles. The van der Waals surface area contributed by atoms with Gasteiger partial charge in [-0.1, -0.05) is 6.92 Å². The molecule has 0 radical (unpaired) electrons. The number of nitrogens with one attached hydrogen (secondary N) is 1. The van der Waals surface area contributed by atoms with E-state index in [4.69, 9.17) is 0 Å². The molecule has 5 heteroatoms. The minimum absolute atomic E-state index is 0.551. The molecule has 2 atom stereocenters. The lowest BCUT2D eigenvalue weighted by Crippen LogP contribution is -2.32. The second-order valence-corrected chi connectivity index (χ2v) is 6.76. The highest BCUT2D eigenvalue weighted by atomic mass is 32.2. The molecule has 0 saturated carbocycles. The van der Waals surface area contributed by atoms with E-state index in [0.717, 1.165) is 22.4 Å². The van der Waals surface area contributed by atoms with Crippen LogP contribution in [0, 0.1) is 6.92 Å². The van der Waals surface area contributed by atoms with Crippen LogP contribution < -0.4 is 5.32 Å². The molecule has 0 bridgehead atoms. The van der Waals surface area contributed by atoms with Gasteiger partial charge in [0, 0.05) is 23.7 Å². The lowest BCUT2D eigenvalue weighted by molar-refractivity contribution is 0.617. The minimum Gasteiger partial charge on any atom is -0.380 e. The molecular weight excluding hydrogens is 256 g/mol. The van der Waals surface area contributed by atoms with Crippen molar-refractivity contribution in [2.45, 2.75) is 38.0 Å². The second-order valence-electron chi connectivity index (χ2n) is 5.27. The third-order valence-corrected chi connectivity index (χ3v) is 5.20. The van der Waals surface area contributed by atoms with Crippen molar-refractivity contribution in [2.75, 3.05) is 11.1 Å². The maximum Gasteiger partial charge on any atom is 0.157 e. The zero-order valence-corrected chi connectivity index (χ0v) is 12.5. The van der Waals surface area contributed by atoms with E-state index in [1.54, 1.807) is 0 Å². The van der Waals surface area contributed by atoms with E-state index in [-0.39, 0.29) is 0 Å². The topological polar surface area (TPSA) is 42.7 Å². The van der Waals surface area contributed by atoms with Crippen LogP contribution in [-0.2, 0) is 7.05 Å². The first-order valence-electron chi connectivity index (χ1n) is 6.82. The van der Waals surface area contributed by atoms with Gasteiger partial charge in [0.1, 0.15) is 0 Å². The molecule has 3 rings (SSSR count). The summed E-state index contributed by atoms with van der Waals surface area (Å²) in [4.78, 5) is 4.52. The summed E-state index contributed by atoms with van der Waals surface area (Å²) in [5.74, 6) is 1.29. The Morgan fingerprint density at radius 1 is 1.47 bits per heavy atom. The van der Waals surface area contributed by atoms with Crippen LogP contribution in [0.15, 0.2) is 12.3 Å². The summed E-state index contributed by atoms with van der Waals surface area (Å²) in [6.07, 6.45) is 4.47. The molecule has 19 heavy (non-hydrogen) atoms. The first-order chi connectivity index (χ1) is 9.15. The smallest absolute Gasteiger partial charge is 0.157 e. The van der Waals surface area contributed by atoms with Crippen molar-refractivity contribution in [3.05, 3.63) is 18.0 Å². The fourth-order valence-corrected chi connectivity index (χ4v) is 3.86. The summed E-state index contributed by atoms with van der Waals surface area (Å²) in [6.45, 7) is 4.34. The van der Waals surface area contributed by atoms with Crippen molar-refractivity contribution in [1.29, 1.82) is 0 Å². The largest absolute Gasteiger partial charge is 0.380 e. The molecule has 4 nitrogen and oxygen atoms in total. The van der Waals surface area contributed by atoms with Crippen LogP contribution in [0.25, 0.3) is 11.0 Å². The molecule has 1 N–H and O–H groups in total. The zero-order valence-electron chi connectivity index (χ0n) is 11.7. The highest BCUT2D eigenvalue weighted by molar-refractivity contribution is 8.00. The number of hydrogen-bond donors (Lipinski definition) is 1. The van der Waals surface area contributed by atoms with Crippen LogP contribution in [0.4, 0.5) is 5.69 Å². The number of aryl methyl sites for hydroxylation is 2. The number of nitrogens with zero attached hydrogens (tertiary/aromatic N) is 3. The Labute approximate surface area is 118 Å². The standard InChI is InChI=1S/C14H20N4S/c1-9-12-7-11(8-15-14(12)18(3)17-9)16-13-5-4-6-19-10(13)2/h7-8,10,13,16H,4-6H2,1-3H3.